The minimum atomic E-state index is -1.01. The van der Waals surface area contributed by atoms with Crippen molar-refractivity contribution in [3.8, 4) is 0 Å². The van der Waals surface area contributed by atoms with Gasteiger partial charge < -0.3 is 20.9 Å². The molecule has 37 heavy (non-hydrogen) atoms. The van der Waals surface area contributed by atoms with E-state index >= 15 is 0 Å². The van der Waals surface area contributed by atoms with E-state index in [0.717, 1.165) is 61.4 Å². The van der Waals surface area contributed by atoms with Crippen LogP contribution in [0.15, 0.2) is 0 Å². The third kappa shape index (κ3) is 12.8. The molecule has 1 aliphatic rings. The number of ether oxygens (including phenoxy) is 2. The maximum atomic E-state index is 12.9. The Hall–Kier alpha value is -2.80. The number of nitrogens with two attached hydrogens (primary N) is 4. The third-order valence-electron chi connectivity index (χ3n) is 6.10. The zero-order valence-corrected chi connectivity index (χ0v) is 22.7. The van der Waals surface area contributed by atoms with Crippen molar-refractivity contribution in [3.05, 3.63) is 0 Å². The van der Waals surface area contributed by atoms with E-state index in [1.54, 1.807) is 20.8 Å². The Kier molecular flexibility index (Phi) is 14.0. The molecule has 13 nitrogen and oxygen atoms in total. The van der Waals surface area contributed by atoms with Crippen molar-refractivity contribution >= 4 is 24.1 Å². The summed E-state index contributed by atoms with van der Waals surface area (Å²) in [5, 5.41) is 1.75. The first kappa shape index (κ1) is 32.2. The highest BCUT2D eigenvalue weighted by Gasteiger charge is 2.39. The topological polar surface area (TPSA) is 201 Å². The van der Waals surface area contributed by atoms with E-state index < -0.39 is 42.0 Å². The van der Waals surface area contributed by atoms with E-state index in [1.165, 1.54) is 4.90 Å². The molecule has 13 heteroatoms. The molecule has 5 amide bonds. The minimum absolute atomic E-state index is 0.347. The summed E-state index contributed by atoms with van der Waals surface area (Å²) >= 11 is 0. The number of esters is 1. The first-order chi connectivity index (χ1) is 17.3. The number of nitrogens with zero attached hydrogens (tertiary/aromatic N) is 3. The number of amides is 5. The standard InChI is InChI=1S/C24H47N7O6/c1-24(2,3)37-23(35)29-16-13-14-18(29)20(32)36-19(31(28)22(26)34)15-11-9-7-5-4-6-8-10-12-17-30(27)21(25)33/h18-19H,4-17,27-28H2,1-3H3,(H2,25,33)(H2,26,34)/t18-,19?/m1/s1. The molecule has 0 saturated carbocycles. The number of hydrazine groups is 2. The highest BCUT2D eigenvalue weighted by atomic mass is 16.6. The molecule has 0 radical (unpaired) electrons. The number of hydrogen-bond acceptors (Lipinski definition) is 8. The second kappa shape index (κ2) is 16.1. The Morgan fingerprint density at radius 2 is 1.43 bits per heavy atom. The lowest BCUT2D eigenvalue weighted by Gasteiger charge is -2.30. The molecule has 0 aliphatic carbocycles. The van der Waals surface area contributed by atoms with Crippen LogP contribution < -0.4 is 23.2 Å². The third-order valence-corrected chi connectivity index (χ3v) is 6.10. The molecule has 1 fully saturated rings. The Balaban J connectivity index is 2.38. The first-order valence-corrected chi connectivity index (χ1v) is 13.2. The van der Waals surface area contributed by atoms with Crippen LogP contribution in [0.2, 0.25) is 0 Å². The van der Waals surface area contributed by atoms with Gasteiger partial charge in [0.15, 0.2) is 6.23 Å². The highest BCUT2D eigenvalue weighted by Crippen LogP contribution is 2.23. The summed E-state index contributed by atoms with van der Waals surface area (Å²) in [7, 11) is 0. The molecule has 1 heterocycles. The van der Waals surface area contributed by atoms with Crippen molar-refractivity contribution < 1.29 is 28.7 Å². The van der Waals surface area contributed by atoms with Crippen LogP contribution >= 0.6 is 0 Å². The molecule has 0 aromatic rings. The lowest BCUT2D eigenvalue weighted by atomic mass is 10.1. The van der Waals surface area contributed by atoms with Gasteiger partial charge in [0.25, 0.3) is 0 Å². The predicted octanol–water partition coefficient (Wildman–Crippen LogP) is 2.67. The van der Waals surface area contributed by atoms with E-state index in [0.29, 0.717) is 38.8 Å². The normalized spacial score (nSPS) is 16.2. The second-order valence-electron chi connectivity index (χ2n) is 10.5. The summed E-state index contributed by atoms with van der Waals surface area (Å²) in [6.07, 6.45) is 8.54. The van der Waals surface area contributed by atoms with Gasteiger partial charge in [-0.25, -0.2) is 35.9 Å². The van der Waals surface area contributed by atoms with Gasteiger partial charge in [-0.2, -0.15) is 0 Å². The number of unbranched alkanes of at least 4 members (excludes halogenated alkanes) is 8. The summed E-state index contributed by atoms with van der Waals surface area (Å²) in [6, 6.07) is -2.31. The zero-order chi connectivity index (χ0) is 28.0. The predicted molar refractivity (Wildman–Crippen MR) is 138 cm³/mol. The number of hydrogen-bond donors (Lipinski definition) is 4. The molecule has 0 bridgehead atoms. The maximum absolute atomic E-state index is 12.9. The van der Waals surface area contributed by atoms with Gasteiger partial charge in [0.1, 0.15) is 11.6 Å². The number of likely N-dealkylation sites (tertiary alicyclic amines) is 1. The first-order valence-electron chi connectivity index (χ1n) is 13.2. The summed E-state index contributed by atoms with van der Waals surface area (Å²) < 4.78 is 10.9. The van der Waals surface area contributed by atoms with Crippen LogP contribution in [0, 0.1) is 0 Å². The van der Waals surface area contributed by atoms with Gasteiger partial charge in [-0.05, 0) is 46.5 Å². The van der Waals surface area contributed by atoms with Gasteiger partial charge in [0.05, 0.1) is 0 Å². The van der Waals surface area contributed by atoms with Crippen molar-refractivity contribution in [1.82, 2.24) is 14.9 Å². The summed E-state index contributed by atoms with van der Waals surface area (Å²) in [4.78, 5) is 49.2. The summed E-state index contributed by atoms with van der Waals surface area (Å²) in [6.45, 7) is 6.12. The largest absolute Gasteiger partial charge is 0.444 e. The van der Waals surface area contributed by atoms with Crippen LogP contribution in [-0.2, 0) is 14.3 Å². The van der Waals surface area contributed by atoms with Crippen LogP contribution in [0.5, 0.6) is 0 Å². The van der Waals surface area contributed by atoms with Gasteiger partial charge in [-0.15, -0.1) is 0 Å². The molecule has 214 valence electrons. The van der Waals surface area contributed by atoms with Crippen LogP contribution in [0.25, 0.3) is 0 Å². The minimum Gasteiger partial charge on any atom is -0.444 e. The van der Waals surface area contributed by atoms with Crippen LogP contribution in [0.4, 0.5) is 14.4 Å². The van der Waals surface area contributed by atoms with E-state index in [-0.39, 0.29) is 0 Å². The Bertz CT molecular complexity index is 746. The molecular weight excluding hydrogens is 482 g/mol. The van der Waals surface area contributed by atoms with Gasteiger partial charge in [0, 0.05) is 19.5 Å². The Morgan fingerprint density at radius 1 is 0.892 bits per heavy atom. The van der Waals surface area contributed by atoms with Crippen LogP contribution in [0.1, 0.15) is 97.8 Å². The second-order valence-corrected chi connectivity index (χ2v) is 10.5. The number of urea groups is 2. The summed E-state index contributed by atoms with van der Waals surface area (Å²) in [5.74, 6) is 10.6. The fourth-order valence-corrected chi connectivity index (χ4v) is 4.11. The average molecular weight is 530 g/mol. The maximum Gasteiger partial charge on any atom is 0.411 e. The van der Waals surface area contributed by atoms with Crippen LogP contribution in [-0.4, -0.2) is 70.0 Å². The molecule has 1 unspecified atom stereocenters. The molecule has 1 aliphatic heterocycles. The number of rotatable bonds is 15. The van der Waals surface area contributed by atoms with Crippen molar-refractivity contribution in [1.29, 1.82) is 0 Å². The van der Waals surface area contributed by atoms with Gasteiger partial charge in [-0.1, -0.05) is 44.9 Å². The van der Waals surface area contributed by atoms with E-state index in [1.807, 2.05) is 0 Å². The van der Waals surface area contributed by atoms with Crippen molar-refractivity contribution in [3.63, 3.8) is 0 Å². The zero-order valence-electron chi connectivity index (χ0n) is 22.7. The van der Waals surface area contributed by atoms with Crippen molar-refractivity contribution in [2.45, 2.75) is 116 Å². The Morgan fingerprint density at radius 3 is 1.95 bits per heavy atom. The number of carbonyl (C=O) groups is 4. The SMILES string of the molecule is CC(C)(C)OC(=O)N1CCC[C@@H]1C(=O)OC(CCCCCCCCCCCN(N)C(N)=O)N(N)C(N)=O. The monoisotopic (exact) mass is 529 g/mol. The molecule has 1 rings (SSSR count). The fraction of sp³-hybridized carbons (Fsp3) is 0.833. The van der Waals surface area contributed by atoms with Crippen LogP contribution in [0.3, 0.4) is 0 Å². The highest BCUT2D eigenvalue weighted by molar-refractivity contribution is 5.82. The summed E-state index contributed by atoms with van der Waals surface area (Å²) in [5.41, 5.74) is 9.71. The van der Waals surface area contributed by atoms with Gasteiger partial charge in [-0.3, -0.25) is 9.91 Å². The fourth-order valence-electron chi connectivity index (χ4n) is 4.11. The molecule has 0 aromatic heterocycles. The average Bonchev–Trinajstić information content (AvgIpc) is 3.30. The van der Waals surface area contributed by atoms with E-state index in [9.17, 15) is 19.2 Å². The molecule has 1 saturated heterocycles. The van der Waals surface area contributed by atoms with Crippen molar-refractivity contribution in [2.24, 2.45) is 23.2 Å². The van der Waals surface area contributed by atoms with E-state index in [2.05, 4.69) is 0 Å². The molecule has 8 N–H and O–H groups in total. The van der Waals surface area contributed by atoms with Gasteiger partial charge >= 0.3 is 24.1 Å². The smallest absolute Gasteiger partial charge is 0.411 e. The number of carbonyl (C=O) groups excluding carboxylic acids is 4. The van der Waals surface area contributed by atoms with Crippen molar-refractivity contribution in [2.75, 3.05) is 13.1 Å². The lowest BCUT2D eigenvalue weighted by molar-refractivity contribution is -0.162. The number of primary amides is 2. The van der Waals surface area contributed by atoms with Gasteiger partial charge in [0.2, 0.25) is 0 Å². The quantitative estimate of drug-likeness (QED) is 0.0619. The Labute approximate surface area is 220 Å². The molecule has 2 atom stereocenters. The van der Waals surface area contributed by atoms with E-state index in [4.69, 9.17) is 32.6 Å². The molecule has 0 spiro atoms. The lowest BCUT2D eigenvalue weighted by Crippen LogP contribution is -2.52. The molecule has 0 aromatic carbocycles. The molecular formula is C24H47N7O6.